The average molecular weight is 379 g/mol. The first kappa shape index (κ1) is 20.1. The summed E-state index contributed by atoms with van der Waals surface area (Å²) in [6.07, 6.45) is 7.85. The number of aromatic hydroxyl groups is 2. The molecule has 4 heteroatoms. The molecule has 28 heavy (non-hydrogen) atoms. The van der Waals surface area contributed by atoms with E-state index in [1.807, 2.05) is 52.0 Å². The van der Waals surface area contributed by atoms with Gasteiger partial charge >= 0.3 is 0 Å². The zero-order chi connectivity index (χ0) is 20.3. The number of rotatable bonds is 4. The monoisotopic (exact) mass is 378 g/mol. The lowest BCUT2D eigenvalue weighted by atomic mass is 9.91. The van der Waals surface area contributed by atoms with Crippen molar-refractivity contribution in [1.82, 2.24) is 0 Å². The van der Waals surface area contributed by atoms with Crippen molar-refractivity contribution in [2.24, 2.45) is 9.98 Å². The standard InChI is InChI=1S/C24H30N2O2/c1-15-9-17(3)23(27)19(11-15)13-25-21-7-5-6-8-22(21)26-14-20-12-16(2)10-18(4)24(20)28/h9-14,21-22,27-28H,5-8H2,1-4H3/t21-,22?/m1/s1. The molecule has 0 aromatic heterocycles. The molecule has 0 radical (unpaired) electrons. The number of benzene rings is 2. The van der Waals surface area contributed by atoms with Gasteiger partial charge in [-0.2, -0.15) is 0 Å². The average Bonchev–Trinajstić information content (AvgIpc) is 2.65. The molecule has 4 nitrogen and oxygen atoms in total. The lowest BCUT2D eigenvalue weighted by molar-refractivity contribution is 0.390. The summed E-state index contributed by atoms with van der Waals surface area (Å²) in [5.74, 6) is 0.593. The minimum Gasteiger partial charge on any atom is -0.507 e. The van der Waals surface area contributed by atoms with Crippen molar-refractivity contribution in [3.63, 3.8) is 0 Å². The molecular weight excluding hydrogens is 348 g/mol. The van der Waals surface area contributed by atoms with Crippen LogP contribution in [0.1, 0.15) is 59.1 Å². The Bertz CT molecular complexity index is 840. The molecule has 1 saturated carbocycles. The number of phenols is 2. The highest BCUT2D eigenvalue weighted by Gasteiger charge is 2.23. The van der Waals surface area contributed by atoms with Gasteiger partial charge in [0.2, 0.25) is 0 Å². The topological polar surface area (TPSA) is 65.2 Å². The van der Waals surface area contributed by atoms with Gasteiger partial charge in [0.05, 0.1) is 12.1 Å². The number of hydrogen-bond donors (Lipinski definition) is 2. The van der Waals surface area contributed by atoms with Crippen molar-refractivity contribution in [3.8, 4) is 11.5 Å². The summed E-state index contributed by atoms with van der Waals surface area (Å²) in [4.78, 5) is 9.57. The second-order valence-electron chi connectivity index (χ2n) is 8.01. The third-order valence-electron chi connectivity index (χ3n) is 5.45. The van der Waals surface area contributed by atoms with Gasteiger partial charge in [-0.05, 0) is 74.9 Å². The largest absolute Gasteiger partial charge is 0.507 e. The second kappa shape index (κ2) is 8.59. The number of hydrogen-bond acceptors (Lipinski definition) is 4. The first-order valence-corrected chi connectivity index (χ1v) is 10.0. The van der Waals surface area contributed by atoms with Crippen molar-refractivity contribution in [1.29, 1.82) is 0 Å². The minimum atomic E-state index is 0.0956. The predicted molar refractivity (Wildman–Crippen MR) is 116 cm³/mol. The van der Waals surface area contributed by atoms with Crippen LogP contribution in [0.25, 0.3) is 0 Å². The van der Waals surface area contributed by atoms with Crippen molar-refractivity contribution in [3.05, 3.63) is 57.6 Å². The van der Waals surface area contributed by atoms with Crippen LogP contribution in [0.5, 0.6) is 11.5 Å². The quantitative estimate of drug-likeness (QED) is 0.720. The maximum atomic E-state index is 10.3. The molecular formula is C24H30N2O2. The van der Waals surface area contributed by atoms with Crippen LogP contribution in [0, 0.1) is 27.7 Å². The molecule has 148 valence electrons. The molecule has 1 aliphatic rings. The fourth-order valence-electron chi connectivity index (χ4n) is 3.97. The molecule has 0 saturated heterocycles. The Labute approximate surface area is 167 Å². The highest BCUT2D eigenvalue weighted by atomic mass is 16.3. The Morgan fingerprint density at radius 1 is 0.714 bits per heavy atom. The van der Waals surface area contributed by atoms with Crippen molar-refractivity contribution < 1.29 is 10.2 Å². The second-order valence-corrected chi connectivity index (χ2v) is 8.01. The van der Waals surface area contributed by atoms with Crippen LogP contribution < -0.4 is 0 Å². The highest BCUT2D eigenvalue weighted by molar-refractivity contribution is 5.85. The highest BCUT2D eigenvalue weighted by Crippen LogP contribution is 2.27. The number of phenolic OH excluding ortho intramolecular Hbond substituents is 2. The van der Waals surface area contributed by atoms with Crippen LogP contribution in [0.2, 0.25) is 0 Å². The van der Waals surface area contributed by atoms with E-state index in [2.05, 4.69) is 0 Å². The van der Waals surface area contributed by atoms with Gasteiger partial charge in [0.25, 0.3) is 0 Å². The van der Waals surface area contributed by atoms with E-state index in [0.717, 1.165) is 59.1 Å². The SMILES string of the molecule is Cc1cc(C)c(O)c(C=NC2CCCC[C@H]2N=Cc2cc(C)cc(C)c2O)c1. The molecule has 3 rings (SSSR count). The Balaban J connectivity index is 1.82. The molecule has 1 aliphatic carbocycles. The number of aliphatic imine (C=N–C) groups is 2. The van der Waals surface area contributed by atoms with Crippen LogP contribution >= 0.6 is 0 Å². The van der Waals surface area contributed by atoms with E-state index in [-0.39, 0.29) is 12.1 Å². The smallest absolute Gasteiger partial charge is 0.127 e. The molecule has 1 unspecified atom stereocenters. The molecule has 2 N–H and O–H groups in total. The third-order valence-corrected chi connectivity index (χ3v) is 5.45. The van der Waals surface area contributed by atoms with Crippen LogP contribution in [-0.4, -0.2) is 34.7 Å². The predicted octanol–water partition coefficient (Wildman–Crippen LogP) is 5.18. The van der Waals surface area contributed by atoms with Gasteiger partial charge in [0.15, 0.2) is 0 Å². The van der Waals surface area contributed by atoms with Gasteiger partial charge in [-0.1, -0.05) is 25.0 Å². The molecule has 0 aliphatic heterocycles. The van der Waals surface area contributed by atoms with Crippen LogP contribution in [-0.2, 0) is 0 Å². The van der Waals surface area contributed by atoms with Gasteiger partial charge in [-0.15, -0.1) is 0 Å². The maximum Gasteiger partial charge on any atom is 0.127 e. The molecule has 0 heterocycles. The van der Waals surface area contributed by atoms with Gasteiger partial charge in [0.1, 0.15) is 11.5 Å². The van der Waals surface area contributed by atoms with Crippen LogP contribution in [0.15, 0.2) is 34.3 Å². The van der Waals surface area contributed by atoms with E-state index >= 15 is 0 Å². The molecule has 2 aromatic rings. The molecule has 0 bridgehead atoms. The summed E-state index contributed by atoms with van der Waals surface area (Å²) in [6.45, 7) is 7.86. The summed E-state index contributed by atoms with van der Waals surface area (Å²) in [6, 6.07) is 8.05. The third kappa shape index (κ3) is 4.61. The summed E-state index contributed by atoms with van der Waals surface area (Å²) in [7, 11) is 0. The van der Waals surface area contributed by atoms with Gasteiger partial charge in [-0.3, -0.25) is 9.98 Å². The van der Waals surface area contributed by atoms with Crippen LogP contribution in [0.4, 0.5) is 0 Å². The Kier molecular flexibility index (Phi) is 6.18. The summed E-state index contributed by atoms with van der Waals surface area (Å²) in [5.41, 5.74) is 5.48. The van der Waals surface area contributed by atoms with Crippen LogP contribution in [0.3, 0.4) is 0 Å². The molecule has 1 fully saturated rings. The molecule has 2 atom stereocenters. The fourth-order valence-corrected chi connectivity index (χ4v) is 3.97. The van der Waals surface area contributed by atoms with Crippen molar-refractivity contribution >= 4 is 12.4 Å². The zero-order valence-electron chi connectivity index (χ0n) is 17.2. The normalized spacial score (nSPS) is 20.3. The van der Waals surface area contributed by atoms with Crippen molar-refractivity contribution in [2.75, 3.05) is 0 Å². The Morgan fingerprint density at radius 2 is 1.11 bits per heavy atom. The van der Waals surface area contributed by atoms with E-state index in [1.54, 1.807) is 12.4 Å². The summed E-state index contributed by atoms with van der Waals surface area (Å²) in [5, 5.41) is 20.6. The maximum absolute atomic E-state index is 10.3. The van der Waals surface area contributed by atoms with Gasteiger partial charge in [-0.25, -0.2) is 0 Å². The van der Waals surface area contributed by atoms with E-state index in [1.165, 1.54) is 0 Å². The van der Waals surface area contributed by atoms with Crippen molar-refractivity contribution in [2.45, 2.75) is 65.5 Å². The molecule has 2 aromatic carbocycles. The number of nitrogens with zero attached hydrogens (tertiary/aromatic N) is 2. The van der Waals surface area contributed by atoms with Gasteiger partial charge in [0, 0.05) is 23.6 Å². The van der Waals surface area contributed by atoms with E-state index in [0.29, 0.717) is 11.5 Å². The lowest BCUT2D eigenvalue weighted by Gasteiger charge is -2.25. The summed E-state index contributed by atoms with van der Waals surface area (Å²) < 4.78 is 0. The Hall–Kier alpha value is -2.62. The Morgan fingerprint density at radius 3 is 1.50 bits per heavy atom. The lowest BCUT2D eigenvalue weighted by Crippen LogP contribution is -2.27. The number of aryl methyl sites for hydroxylation is 4. The summed E-state index contributed by atoms with van der Waals surface area (Å²) >= 11 is 0. The molecule has 0 spiro atoms. The van der Waals surface area contributed by atoms with Gasteiger partial charge < -0.3 is 10.2 Å². The molecule has 0 amide bonds. The zero-order valence-corrected chi connectivity index (χ0v) is 17.2. The first-order chi connectivity index (χ1) is 13.3. The fraction of sp³-hybridized carbons (Fsp3) is 0.417. The van der Waals surface area contributed by atoms with E-state index in [4.69, 9.17) is 9.98 Å². The van der Waals surface area contributed by atoms with E-state index < -0.39 is 0 Å². The first-order valence-electron chi connectivity index (χ1n) is 10.0. The van der Waals surface area contributed by atoms with E-state index in [9.17, 15) is 10.2 Å². The minimum absolute atomic E-state index is 0.0956.